The standard InChI is InChI=1S/C19H22N4O/c24-19(21-17-10-4-8-15-12-20-22-18(15)17)23-11-5-9-16(13-23)14-6-2-1-3-7-14/h1-3,6-7,9,12,17H,4-5,8,10-11,13H2,(H,20,22)(H,21,24). The van der Waals surface area contributed by atoms with Gasteiger partial charge in [-0.3, -0.25) is 5.10 Å². The Kier molecular flexibility index (Phi) is 4.07. The fourth-order valence-corrected chi connectivity index (χ4v) is 3.63. The predicted octanol–water partition coefficient (Wildman–Crippen LogP) is 3.29. The van der Waals surface area contributed by atoms with Crippen LogP contribution in [0.4, 0.5) is 4.79 Å². The lowest BCUT2D eigenvalue weighted by Crippen LogP contribution is -2.44. The average molecular weight is 322 g/mol. The average Bonchev–Trinajstić information content (AvgIpc) is 3.12. The number of hydrogen-bond acceptors (Lipinski definition) is 2. The molecule has 0 bridgehead atoms. The van der Waals surface area contributed by atoms with Crippen LogP contribution in [0, 0.1) is 0 Å². The largest absolute Gasteiger partial charge is 0.330 e. The fourth-order valence-electron chi connectivity index (χ4n) is 3.63. The number of nitrogens with one attached hydrogen (secondary N) is 2. The smallest absolute Gasteiger partial charge is 0.318 e. The number of carbonyl (C=O) groups is 1. The van der Waals surface area contributed by atoms with Gasteiger partial charge in [-0.15, -0.1) is 0 Å². The third-order valence-electron chi connectivity index (χ3n) is 4.92. The lowest BCUT2D eigenvalue weighted by atomic mass is 9.94. The van der Waals surface area contributed by atoms with E-state index in [0.717, 1.165) is 37.9 Å². The zero-order chi connectivity index (χ0) is 16.4. The van der Waals surface area contributed by atoms with Gasteiger partial charge in [0.25, 0.3) is 0 Å². The van der Waals surface area contributed by atoms with Gasteiger partial charge in [0.1, 0.15) is 0 Å². The molecule has 2 aliphatic rings. The Morgan fingerprint density at radius 1 is 1.29 bits per heavy atom. The minimum absolute atomic E-state index is 0.0176. The van der Waals surface area contributed by atoms with Crippen LogP contribution in [0.1, 0.15) is 42.1 Å². The monoisotopic (exact) mass is 322 g/mol. The summed E-state index contributed by atoms with van der Waals surface area (Å²) < 4.78 is 0. The number of carbonyl (C=O) groups excluding carboxylic acids is 1. The first-order valence-corrected chi connectivity index (χ1v) is 8.63. The van der Waals surface area contributed by atoms with Crippen LogP contribution in [0.5, 0.6) is 0 Å². The van der Waals surface area contributed by atoms with Gasteiger partial charge in [0.15, 0.2) is 0 Å². The highest BCUT2D eigenvalue weighted by Crippen LogP contribution is 2.28. The summed E-state index contributed by atoms with van der Waals surface area (Å²) in [6, 6.07) is 10.4. The third kappa shape index (κ3) is 2.94. The van der Waals surface area contributed by atoms with Crippen molar-refractivity contribution in [3.8, 4) is 0 Å². The third-order valence-corrected chi connectivity index (χ3v) is 4.92. The van der Waals surface area contributed by atoms with Crippen LogP contribution in [-0.4, -0.2) is 34.2 Å². The molecular weight excluding hydrogens is 300 g/mol. The number of urea groups is 1. The second-order valence-electron chi connectivity index (χ2n) is 6.51. The first-order chi connectivity index (χ1) is 11.8. The van der Waals surface area contributed by atoms with Crippen LogP contribution >= 0.6 is 0 Å². The summed E-state index contributed by atoms with van der Waals surface area (Å²) in [6.45, 7) is 1.43. The maximum absolute atomic E-state index is 12.7. The SMILES string of the molecule is O=C(NC1CCCc2cn[nH]c21)N1CCC=C(c2ccccc2)C1. The molecule has 24 heavy (non-hydrogen) atoms. The maximum Gasteiger partial charge on any atom is 0.318 e. The van der Waals surface area contributed by atoms with E-state index < -0.39 is 0 Å². The molecule has 1 unspecified atom stereocenters. The summed E-state index contributed by atoms with van der Waals surface area (Å²) in [6.07, 6.45) is 8.13. The summed E-state index contributed by atoms with van der Waals surface area (Å²) in [5, 5.41) is 10.4. The summed E-state index contributed by atoms with van der Waals surface area (Å²) in [5.74, 6) is 0. The van der Waals surface area contributed by atoms with E-state index in [1.165, 1.54) is 16.7 Å². The van der Waals surface area contributed by atoms with Crippen LogP contribution in [0.15, 0.2) is 42.6 Å². The fraction of sp³-hybridized carbons (Fsp3) is 0.368. The van der Waals surface area contributed by atoms with Gasteiger partial charge in [0.2, 0.25) is 0 Å². The van der Waals surface area contributed by atoms with E-state index in [9.17, 15) is 4.79 Å². The van der Waals surface area contributed by atoms with Crippen LogP contribution in [-0.2, 0) is 6.42 Å². The van der Waals surface area contributed by atoms with Gasteiger partial charge in [0.05, 0.1) is 17.9 Å². The van der Waals surface area contributed by atoms with Crippen molar-refractivity contribution in [3.05, 3.63) is 59.4 Å². The summed E-state index contributed by atoms with van der Waals surface area (Å²) in [5.41, 5.74) is 4.73. The summed E-state index contributed by atoms with van der Waals surface area (Å²) >= 11 is 0. The predicted molar refractivity (Wildman–Crippen MR) is 93.4 cm³/mol. The molecule has 5 heteroatoms. The number of fused-ring (bicyclic) bond motifs is 1. The van der Waals surface area contributed by atoms with Crippen molar-refractivity contribution in [1.29, 1.82) is 0 Å². The van der Waals surface area contributed by atoms with E-state index >= 15 is 0 Å². The highest BCUT2D eigenvalue weighted by molar-refractivity contribution is 5.79. The molecule has 124 valence electrons. The molecule has 2 amide bonds. The Hall–Kier alpha value is -2.56. The topological polar surface area (TPSA) is 61.0 Å². The molecule has 1 aliphatic heterocycles. The minimum Gasteiger partial charge on any atom is -0.330 e. The molecular formula is C19H22N4O. The number of nitrogens with zero attached hydrogens (tertiary/aromatic N) is 2. The molecule has 1 aromatic carbocycles. The van der Waals surface area contributed by atoms with Crippen molar-refractivity contribution in [2.75, 3.05) is 13.1 Å². The number of rotatable bonds is 2. The normalized spacial score (nSPS) is 20.2. The maximum atomic E-state index is 12.7. The van der Waals surface area contributed by atoms with Crippen molar-refractivity contribution >= 4 is 11.6 Å². The van der Waals surface area contributed by atoms with Crippen molar-refractivity contribution in [1.82, 2.24) is 20.4 Å². The van der Waals surface area contributed by atoms with Crippen LogP contribution in [0.3, 0.4) is 0 Å². The summed E-state index contributed by atoms with van der Waals surface area (Å²) in [7, 11) is 0. The van der Waals surface area contributed by atoms with E-state index in [2.05, 4.69) is 33.7 Å². The Labute approximate surface area is 141 Å². The van der Waals surface area contributed by atoms with E-state index in [0.29, 0.717) is 6.54 Å². The van der Waals surface area contributed by atoms with Gasteiger partial charge < -0.3 is 10.2 Å². The Morgan fingerprint density at radius 3 is 3.04 bits per heavy atom. The van der Waals surface area contributed by atoms with Gasteiger partial charge >= 0.3 is 6.03 Å². The van der Waals surface area contributed by atoms with Gasteiger partial charge in [-0.05, 0) is 42.4 Å². The zero-order valence-corrected chi connectivity index (χ0v) is 13.7. The first-order valence-electron chi connectivity index (χ1n) is 8.63. The van der Waals surface area contributed by atoms with E-state index in [4.69, 9.17) is 0 Å². The van der Waals surface area contributed by atoms with Crippen LogP contribution in [0.2, 0.25) is 0 Å². The van der Waals surface area contributed by atoms with E-state index in [1.54, 1.807) is 0 Å². The van der Waals surface area contributed by atoms with Gasteiger partial charge in [0, 0.05) is 13.1 Å². The molecule has 0 radical (unpaired) electrons. The second kappa shape index (κ2) is 6.51. The molecule has 1 atom stereocenters. The van der Waals surface area contributed by atoms with Crippen molar-refractivity contribution in [2.45, 2.75) is 31.7 Å². The van der Waals surface area contributed by atoms with Crippen molar-refractivity contribution in [2.24, 2.45) is 0 Å². The molecule has 2 aromatic rings. The molecule has 0 saturated carbocycles. The number of aryl methyl sites for hydroxylation is 1. The Balaban J connectivity index is 1.44. The quantitative estimate of drug-likeness (QED) is 0.891. The number of H-pyrrole nitrogens is 1. The number of aromatic nitrogens is 2. The van der Waals surface area contributed by atoms with Gasteiger partial charge in [-0.1, -0.05) is 36.4 Å². The van der Waals surface area contributed by atoms with Crippen LogP contribution < -0.4 is 5.32 Å². The molecule has 2 heterocycles. The highest BCUT2D eigenvalue weighted by atomic mass is 16.2. The number of aromatic amines is 1. The first kappa shape index (κ1) is 15.0. The second-order valence-corrected chi connectivity index (χ2v) is 6.51. The van der Waals surface area contributed by atoms with Crippen LogP contribution in [0.25, 0.3) is 5.57 Å². The van der Waals surface area contributed by atoms with E-state index in [-0.39, 0.29) is 12.1 Å². The van der Waals surface area contributed by atoms with Crippen molar-refractivity contribution in [3.63, 3.8) is 0 Å². The molecule has 0 fully saturated rings. The van der Waals surface area contributed by atoms with E-state index in [1.807, 2.05) is 29.3 Å². The molecule has 1 aliphatic carbocycles. The lowest BCUT2D eigenvalue weighted by molar-refractivity contribution is 0.197. The van der Waals surface area contributed by atoms with Gasteiger partial charge in [-0.2, -0.15) is 5.10 Å². The Morgan fingerprint density at radius 2 is 2.17 bits per heavy atom. The minimum atomic E-state index is 0.0176. The summed E-state index contributed by atoms with van der Waals surface area (Å²) in [4.78, 5) is 14.6. The molecule has 1 aromatic heterocycles. The Bertz CT molecular complexity index is 750. The molecule has 5 nitrogen and oxygen atoms in total. The number of benzene rings is 1. The molecule has 2 N–H and O–H groups in total. The molecule has 0 spiro atoms. The lowest BCUT2D eigenvalue weighted by Gasteiger charge is -2.31. The molecule has 4 rings (SSSR count). The van der Waals surface area contributed by atoms with Crippen molar-refractivity contribution < 1.29 is 4.79 Å². The highest BCUT2D eigenvalue weighted by Gasteiger charge is 2.26. The number of hydrogen-bond donors (Lipinski definition) is 2. The zero-order valence-electron chi connectivity index (χ0n) is 13.7. The molecule has 0 saturated heterocycles. The van der Waals surface area contributed by atoms with Gasteiger partial charge in [-0.25, -0.2) is 4.79 Å². The number of amides is 2.